The highest BCUT2D eigenvalue weighted by atomic mass is 16.4. The number of likely N-dealkylation sites (tertiary alicyclic amines) is 1. The van der Waals surface area contributed by atoms with Crippen LogP contribution in [-0.4, -0.2) is 47.6 Å². The smallest absolute Gasteiger partial charge is 0.311 e. The molecule has 2 atom stereocenters. The van der Waals surface area contributed by atoms with Crippen LogP contribution in [0, 0.1) is 11.3 Å². The molecule has 0 bridgehead atoms. The lowest BCUT2D eigenvalue weighted by atomic mass is 9.76. The van der Waals surface area contributed by atoms with Gasteiger partial charge in [0, 0.05) is 19.6 Å². The van der Waals surface area contributed by atoms with Gasteiger partial charge >= 0.3 is 5.97 Å². The number of carboxylic acids is 1. The first kappa shape index (κ1) is 15.7. The van der Waals surface area contributed by atoms with Crippen molar-refractivity contribution in [1.29, 1.82) is 0 Å². The second kappa shape index (κ2) is 6.19. The van der Waals surface area contributed by atoms with Crippen molar-refractivity contribution in [3.05, 3.63) is 12.7 Å². The van der Waals surface area contributed by atoms with Crippen molar-refractivity contribution in [1.82, 2.24) is 10.2 Å². The zero-order valence-corrected chi connectivity index (χ0v) is 12.0. The van der Waals surface area contributed by atoms with Crippen LogP contribution < -0.4 is 5.32 Å². The van der Waals surface area contributed by atoms with Crippen LogP contribution in [0.25, 0.3) is 0 Å². The van der Waals surface area contributed by atoms with Crippen molar-refractivity contribution < 1.29 is 14.7 Å². The number of amides is 1. The summed E-state index contributed by atoms with van der Waals surface area (Å²) < 4.78 is 0. The number of rotatable bonds is 6. The average Bonchev–Trinajstić information content (AvgIpc) is 2.81. The van der Waals surface area contributed by atoms with Gasteiger partial charge in [0.1, 0.15) is 0 Å². The predicted octanol–water partition coefficient (Wildman–Crippen LogP) is 1.11. The van der Waals surface area contributed by atoms with E-state index in [4.69, 9.17) is 0 Å². The highest BCUT2D eigenvalue weighted by Crippen LogP contribution is 2.38. The van der Waals surface area contributed by atoms with Crippen LogP contribution in [0.4, 0.5) is 0 Å². The molecule has 1 rings (SSSR count). The Morgan fingerprint density at radius 2 is 2.11 bits per heavy atom. The summed E-state index contributed by atoms with van der Waals surface area (Å²) in [6, 6.07) is -0.306. The second-order valence-corrected chi connectivity index (χ2v) is 5.55. The van der Waals surface area contributed by atoms with Crippen LogP contribution >= 0.6 is 0 Å². The topological polar surface area (TPSA) is 69.6 Å². The minimum Gasteiger partial charge on any atom is -0.481 e. The molecule has 1 saturated heterocycles. The monoisotopic (exact) mass is 268 g/mol. The molecule has 5 heteroatoms. The van der Waals surface area contributed by atoms with E-state index in [0.717, 1.165) is 0 Å². The molecule has 0 aromatic rings. The molecule has 19 heavy (non-hydrogen) atoms. The van der Waals surface area contributed by atoms with E-state index in [0.29, 0.717) is 26.1 Å². The quantitative estimate of drug-likeness (QED) is 0.708. The lowest BCUT2D eigenvalue weighted by Gasteiger charge is -2.30. The Labute approximate surface area is 114 Å². The first-order valence-electron chi connectivity index (χ1n) is 6.71. The highest BCUT2D eigenvalue weighted by Gasteiger charge is 2.48. The molecule has 1 fully saturated rings. The number of carboxylic acid groups (broad SMARTS) is 1. The van der Waals surface area contributed by atoms with Crippen LogP contribution in [0.3, 0.4) is 0 Å². The van der Waals surface area contributed by atoms with E-state index in [2.05, 4.69) is 11.9 Å². The van der Waals surface area contributed by atoms with Crippen LogP contribution in [0.5, 0.6) is 0 Å². The van der Waals surface area contributed by atoms with Gasteiger partial charge in [-0.15, -0.1) is 6.58 Å². The molecule has 1 amide bonds. The van der Waals surface area contributed by atoms with Crippen molar-refractivity contribution in [2.24, 2.45) is 11.3 Å². The molecule has 108 valence electrons. The maximum atomic E-state index is 11.9. The Balaban J connectivity index is 2.71. The maximum absolute atomic E-state index is 11.9. The van der Waals surface area contributed by atoms with Gasteiger partial charge < -0.3 is 10.4 Å². The molecule has 2 unspecified atom stereocenters. The van der Waals surface area contributed by atoms with Gasteiger partial charge in [-0.05, 0) is 19.3 Å². The third kappa shape index (κ3) is 3.15. The average molecular weight is 268 g/mol. The normalized spacial score (nSPS) is 25.3. The van der Waals surface area contributed by atoms with Gasteiger partial charge in [0.15, 0.2) is 0 Å². The molecular formula is C14H24N2O3. The highest BCUT2D eigenvalue weighted by molar-refractivity contribution is 5.82. The lowest BCUT2D eigenvalue weighted by Crippen LogP contribution is -2.46. The Morgan fingerprint density at radius 1 is 1.47 bits per heavy atom. The SMILES string of the molecule is C=CCNC(=O)C(C)N1CCC(C(=O)O)(C(C)C)C1. The van der Waals surface area contributed by atoms with Crippen LogP contribution in [0.2, 0.25) is 0 Å². The molecule has 0 saturated carbocycles. The summed E-state index contributed by atoms with van der Waals surface area (Å²) in [5, 5.41) is 12.2. The van der Waals surface area contributed by atoms with Gasteiger partial charge in [0.05, 0.1) is 11.5 Å². The summed E-state index contributed by atoms with van der Waals surface area (Å²) in [6.45, 7) is 10.7. The van der Waals surface area contributed by atoms with E-state index in [1.807, 2.05) is 25.7 Å². The molecule has 0 aliphatic carbocycles. The zero-order chi connectivity index (χ0) is 14.6. The Bertz CT molecular complexity index is 368. The summed E-state index contributed by atoms with van der Waals surface area (Å²) in [5.74, 6) is -0.785. The molecule has 0 aromatic carbocycles. The number of carbonyl (C=O) groups is 2. The molecule has 0 spiro atoms. The van der Waals surface area contributed by atoms with Gasteiger partial charge in [0.2, 0.25) is 5.91 Å². The van der Waals surface area contributed by atoms with Gasteiger partial charge in [-0.2, -0.15) is 0 Å². The van der Waals surface area contributed by atoms with Crippen LogP contribution in [-0.2, 0) is 9.59 Å². The van der Waals surface area contributed by atoms with E-state index >= 15 is 0 Å². The van der Waals surface area contributed by atoms with Crippen molar-refractivity contribution in [2.75, 3.05) is 19.6 Å². The van der Waals surface area contributed by atoms with E-state index in [9.17, 15) is 14.7 Å². The zero-order valence-electron chi connectivity index (χ0n) is 12.0. The number of nitrogens with zero attached hydrogens (tertiary/aromatic N) is 1. The molecular weight excluding hydrogens is 244 g/mol. The number of nitrogens with one attached hydrogen (secondary N) is 1. The second-order valence-electron chi connectivity index (χ2n) is 5.55. The predicted molar refractivity (Wildman–Crippen MR) is 73.8 cm³/mol. The van der Waals surface area contributed by atoms with E-state index in [1.165, 1.54) is 0 Å². The Kier molecular flexibility index (Phi) is 5.11. The molecule has 2 N–H and O–H groups in total. The van der Waals surface area contributed by atoms with E-state index in [1.54, 1.807) is 6.08 Å². The lowest BCUT2D eigenvalue weighted by molar-refractivity contribution is -0.151. The fourth-order valence-electron chi connectivity index (χ4n) is 2.57. The van der Waals surface area contributed by atoms with Crippen molar-refractivity contribution in [3.8, 4) is 0 Å². The first-order valence-corrected chi connectivity index (χ1v) is 6.71. The van der Waals surface area contributed by atoms with Gasteiger partial charge in [-0.1, -0.05) is 19.9 Å². The summed E-state index contributed by atoms with van der Waals surface area (Å²) in [4.78, 5) is 25.4. The largest absolute Gasteiger partial charge is 0.481 e. The summed E-state index contributed by atoms with van der Waals surface area (Å²) in [7, 11) is 0. The van der Waals surface area contributed by atoms with Crippen LogP contribution in [0.1, 0.15) is 27.2 Å². The van der Waals surface area contributed by atoms with Gasteiger partial charge in [-0.25, -0.2) is 0 Å². The summed E-state index contributed by atoms with van der Waals surface area (Å²) in [6.07, 6.45) is 2.23. The van der Waals surface area contributed by atoms with Gasteiger partial charge in [0.25, 0.3) is 0 Å². The van der Waals surface area contributed by atoms with Crippen molar-refractivity contribution in [2.45, 2.75) is 33.2 Å². The minimum absolute atomic E-state index is 0.0541. The van der Waals surface area contributed by atoms with Crippen LogP contribution in [0.15, 0.2) is 12.7 Å². The number of aliphatic carboxylic acids is 1. The van der Waals surface area contributed by atoms with E-state index < -0.39 is 11.4 Å². The molecule has 1 aliphatic heterocycles. The molecule has 1 aliphatic rings. The summed E-state index contributed by atoms with van der Waals surface area (Å²) in [5.41, 5.74) is -0.729. The maximum Gasteiger partial charge on any atom is 0.311 e. The molecule has 5 nitrogen and oxygen atoms in total. The van der Waals surface area contributed by atoms with Crippen molar-refractivity contribution in [3.63, 3.8) is 0 Å². The summed E-state index contributed by atoms with van der Waals surface area (Å²) >= 11 is 0. The Hall–Kier alpha value is -1.36. The molecule has 0 aromatic heterocycles. The standard InChI is InChI=1S/C14H24N2O3/c1-5-7-15-12(17)11(4)16-8-6-14(9-16,10(2)3)13(18)19/h5,10-11H,1,6-9H2,2-4H3,(H,15,17)(H,18,19). The third-order valence-electron chi connectivity index (χ3n) is 4.21. The Morgan fingerprint density at radius 3 is 2.53 bits per heavy atom. The third-order valence-corrected chi connectivity index (χ3v) is 4.21. The number of hydrogen-bond acceptors (Lipinski definition) is 3. The molecule has 1 heterocycles. The molecule has 0 radical (unpaired) electrons. The fourth-order valence-corrected chi connectivity index (χ4v) is 2.57. The number of hydrogen-bond donors (Lipinski definition) is 2. The minimum atomic E-state index is -0.760. The fraction of sp³-hybridized carbons (Fsp3) is 0.714. The number of carbonyl (C=O) groups excluding carboxylic acids is 1. The van der Waals surface area contributed by atoms with E-state index in [-0.39, 0.29) is 17.9 Å². The van der Waals surface area contributed by atoms with Crippen molar-refractivity contribution >= 4 is 11.9 Å². The first-order chi connectivity index (χ1) is 8.85. The van der Waals surface area contributed by atoms with Gasteiger partial charge in [-0.3, -0.25) is 14.5 Å².